The molecule has 7 nitrogen and oxygen atoms in total. The zero-order valence-electron chi connectivity index (χ0n) is 16.8. The van der Waals surface area contributed by atoms with Crippen LogP contribution in [0.3, 0.4) is 0 Å². The van der Waals surface area contributed by atoms with Crippen LogP contribution in [0, 0.1) is 0 Å². The van der Waals surface area contributed by atoms with Crippen molar-refractivity contribution in [3.8, 4) is 0 Å². The minimum atomic E-state index is -0.154. The average Bonchev–Trinajstić information content (AvgIpc) is 2.73. The van der Waals surface area contributed by atoms with Crippen molar-refractivity contribution in [2.45, 2.75) is 6.54 Å². The van der Waals surface area contributed by atoms with Gasteiger partial charge in [0.05, 0.1) is 0 Å². The lowest BCUT2D eigenvalue weighted by atomic mass is 10.1. The molecule has 0 bridgehead atoms. The maximum atomic E-state index is 12.0. The van der Waals surface area contributed by atoms with Crippen molar-refractivity contribution in [3.63, 3.8) is 0 Å². The number of hydrogen-bond acceptors (Lipinski definition) is 3. The van der Waals surface area contributed by atoms with E-state index in [2.05, 4.69) is 20.9 Å². The van der Waals surface area contributed by atoms with Crippen LogP contribution in [0.25, 0.3) is 0 Å². The molecule has 0 heterocycles. The lowest BCUT2D eigenvalue weighted by molar-refractivity contribution is 0.0827. The molecule has 0 aliphatic rings. The molecule has 29 heavy (non-hydrogen) atoms. The van der Waals surface area contributed by atoms with Crippen LogP contribution in [0.5, 0.6) is 0 Å². The highest BCUT2D eigenvalue weighted by Crippen LogP contribution is 2.09. The number of nitrogens with one attached hydrogen (secondary N) is 3. The molecule has 2 aromatic rings. The number of amides is 2. The van der Waals surface area contributed by atoms with E-state index in [4.69, 9.17) is 11.6 Å². The van der Waals surface area contributed by atoms with Gasteiger partial charge in [0.15, 0.2) is 5.96 Å². The number of guanidine groups is 1. The Morgan fingerprint density at radius 2 is 1.48 bits per heavy atom. The molecule has 0 radical (unpaired) electrons. The summed E-state index contributed by atoms with van der Waals surface area (Å²) >= 11 is 5.82. The molecule has 0 saturated carbocycles. The highest BCUT2D eigenvalue weighted by atomic mass is 35.5. The van der Waals surface area contributed by atoms with Gasteiger partial charge in [-0.2, -0.15) is 0 Å². The average molecular weight is 416 g/mol. The Labute approximate surface area is 176 Å². The van der Waals surface area contributed by atoms with E-state index < -0.39 is 0 Å². The lowest BCUT2D eigenvalue weighted by Gasteiger charge is -2.13. The van der Waals surface area contributed by atoms with E-state index in [1.807, 2.05) is 24.3 Å². The van der Waals surface area contributed by atoms with Crippen LogP contribution < -0.4 is 16.0 Å². The minimum absolute atomic E-state index is 0.0253. The highest BCUT2D eigenvalue weighted by Gasteiger charge is 2.07. The van der Waals surface area contributed by atoms with Gasteiger partial charge in [0.1, 0.15) is 0 Å². The maximum absolute atomic E-state index is 12.0. The smallest absolute Gasteiger partial charge is 0.253 e. The quantitative estimate of drug-likeness (QED) is 0.367. The van der Waals surface area contributed by atoms with Gasteiger partial charge in [0.25, 0.3) is 11.8 Å². The number of nitrogens with zero attached hydrogens (tertiary/aromatic N) is 2. The molecule has 8 heteroatoms. The normalized spacial score (nSPS) is 11.0. The molecule has 3 N–H and O–H groups in total. The molecule has 0 aliphatic carbocycles. The molecule has 2 rings (SSSR count). The Morgan fingerprint density at radius 1 is 0.897 bits per heavy atom. The molecule has 0 saturated heterocycles. The van der Waals surface area contributed by atoms with Crippen molar-refractivity contribution in [2.75, 3.05) is 34.2 Å². The van der Waals surface area contributed by atoms with Crippen molar-refractivity contribution in [1.82, 2.24) is 20.9 Å². The van der Waals surface area contributed by atoms with E-state index in [0.717, 1.165) is 5.56 Å². The molecule has 154 valence electrons. The fourth-order valence-corrected chi connectivity index (χ4v) is 2.62. The highest BCUT2D eigenvalue weighted by molar-refractivity contribution is 6.30. The predicted octanol–water partition coefficient (Wildman–Crippen LogP) is 2.14. The molecular weight excluding hydrogens is 390 g/mol. The zero-order valence-corrected chi connectivity index (χ0v) is 17.6. The first-order chi connectivity index (χ1) is 13.9. The van der Waals surface area contributed by atoms with Crippen molar-refractivity contribution in [3.05, 3.63) is 70.2 Å². The Kier molecular flexibility index (Phi) is 8.48. The standard InChI is InChI=1S/C21H26ClN5O2/c1-23-21(25-13-12-24-19(28)16-8-10-18(22)11-9-16)26-14-15-4-6-17(7-5-15)20(29)27(2)3/h4-11H,12-14H2,1-3H3,(H,24,28)(H2,23,25,26). The van der Waals surface area contributed by atoms with Gasteiger partial charge in [0, 0.05) is 56.9 Å². The number of carbonyl (C=O) groups is 2. The van der Waals surface area contributed by atoms with Gasteiger partial charge in [-0.3, -0.25) is 14.6 Å². The Balaban J connectivity index is 1.73. The van der Waals surface area contributed by atoms with Gasteiger partial charge in [0.2, 0.25) is 0 Å². The van der Waals surface area contributed by atoms with Crippen LogP contribution in [0.15, 0.2) is 53.5 Å². The Hall–Kier alpha value is -3.06. The topological polar surface area (TPSA) is 85.8 Å². The number of carbonyl (C=O) groups excluding carboxylic acids is 2. The summed E-state index contributed by atoms with van der Waals surface area (Å²) in [7, 11) is 5.14. The van der Waals surface area contributed by atoms with Gasteiger partial charge >= 0.3 is 0 Å². The van der Waals surface area contributed by atoms with E-state index in [1.165, 1.54) is 0 Å². The first-order valence-corrected chi connectivity index (χ1v) is 9.57. The second-order valence-corrected chi connectivity index (χ2v) is 6.95. The molecule has 2 amide bonds. The van der Waals surface area contributed by atoms with Gasteiger partial charge in [-0.25, -0.2) is 0 Å². The third kappa shape index (κ3) is 7.12. The number of aliphatic imine (C=N–C) groups is 1. The molecule has 0 unspecified atom stereocenters. The molecule has 0 atom stereocenters. The molecular formula is C21H26ClN5O2. The first kappa shape index (κ1) is 22.2. The third-order valence-corrected chi connectivity index (χ3v) is 4.35. The summed E-state index contributed by atoms with van der Waals surface area (Å²) in [6, 6.07) is 14.2. The fraction of sp³-hybridized carbons (Fsp3) is 0.286. The van der Waals surface area contributed by atoms with Crippen LogP contribution in [-0.2, 0) is 6.54 Å². The van der Waals surface area contributed by atoms with Crippen LogP contribution in [0.4, 0.5) is 0 Å². The number of rotatable bonds is 7. The van der Waals surface area contributed by atoms with Crippen LogP contribution in [0.1, 0.15) is 26.3 Å². The van der Waals surface area contributed by atoms with Crippen molar-refractivity contribution < 1.29 is 9.59 Å². The van der Waals surface area contributed by atoms with E-state index >= 15 is 0 Å². The Bertz CT molecular complexity index is 848. The van der Waals surface area contributed by atoms with Gasteiger partial charge < -0.3 is 20.9 Å². The van der Waals surface area contributed by atoms with Gasteiger partial charge in [-0.05, 0) is 42.0 Å². The van der Waals surface area contributed by atoms with Crippen molar-refractivity contribution >= 4 is 29.4 Å². The predicted molar refractivity (Wildman–Crippen MR) is 116 cm³/mol. The van der Waals surface area contributed by atoms with Crippen molar-refractivity contribution in [1.29, 1.82) is 0 Å². The van der Waals surface area contributed by atoms with Crippen LogP contribution in [0.2, 0.25) is 5.02 Å². The van der Waals surface area contributed by atoms with E-state index in [-0.39, 0.29) is 11.8 Å². The maximum Gasteiger partial charge on any atom is 0.253 e. The van der Waals surface area contributed by atoms with E-state index in [9.17, 15) is 9.59 Å². The fourth-order valence-electron chi connectivity index (χ4n) is 2.49. The third-order valence-electron chi connectivity index (χ3n) is 4.10. The summed E-state index contributed by atoms with van der Waals surface area (Å²) < 4.78 is 0. The summed E-state index contributed by atoms with van der Waals surface area (Å²) in [5.74, 6) is 0.445. The molecule has 0 aromatic heterocycles. The number of halogens is 1. The SMILES string of the molecule is CN=C(NCCNC(=O)c1ccc(Cl)cc1)NCc1ccc(C(=O)N(C)C)cc1. The molecule has 0 aliphatic heterocycles. The number of hydrogen-bond donors (Lipinski definition) is 3. The second kappa shape index (κ2) is 11.1. The lowest BCUT2D eigenvalue weighted by Crippen LogP contribution is -2.41. The van der Waals surface area contributed by atoms with Crippen LogP contribution >= 0.6 is 11.6 Å². The van der Waals surface area contributed by atoms with Crippen LogP contribution in [-0.4, -0.2) is 56.9 Å². The summed E-state index contributed by atoms with van der Waals surface area (Å²) in [6.45, 7) is 1.53. The minimum Gasteiger partial charge on any atom is -0.355 e. The first-order valence-electron chi connectivity index (χ1n) is 9.19. The van der Waals surface area contributed by atoms with Gasteiger partial charge in [-0.15, -0.1) is 0 Å². The molecule has 0 fully saturated rings. The van der Waals surface area contributed by atoms with E-state index in [1.54, 1.807) is 50.3 Å². The van der Waals surface area contributed by atoms with Gasteiger partial charge in [-0.1, -0.05) is 23.7 Å². The summed E-state index contributed by atoms with van der Waals surface area (Å²) in [5, 5.41) is 9.77. The number of benzene rings is 2. The Morgan fingerprint density at radius 3 is 2.07 bits per heavy atom. The second-order valence-electron chi connectivity index (χ2n) is 6.51. The summed E-state index contributed by atoms with van der Waals surface area (Å²) in [5.41, 5.74) is 2.24. The molecule has 0 spiro atoms. The van der Waals surface area contributed by atoms with E-state index in [0.29, 0.717) is 41.7 Å². The summed E-state index contributed by atoms with van der Waals surface area (Å²) in [4.78, 5) is 29.7. The largest absolute Gasteiger partial charge is 0.355 e. The monoisotopic (exact) mass is 415 g/mol. The van der Waals surface area contributed by atoms with Crippen molar-refractivity contribution in [2.24, 2.45) is 4.99 Å². The summed E-state index contributed by atoms with van der Waals surface area (Å²) in [6.07, 6.45) is 0. The zero-order chi connectivity index (χ0) is 21.2. The molecule has 2 aromatic carbocycles.